The number of rotatable bonds is 3. The van der Waals surface area contributed by atoms with Crippen molar-refractivity contribution in [3.63, 3.8) is 0 Å². The molecule has 6 heteroatoms. The van der Waals surface area contributed by atoms with Crippen LogP contribution < -0.4 is 0 Å². The first kappa shape index (κ1) is 19.9. The number of hydrogen-bond donors (Lipinski definition) is 2. The van der Waals surface area contributed by atoms with Crippen molar-refractivity contribution < 1.29 is 29.3 Å². The second-order valence-corrected chi connectivity index (χ2v) is 9.27. The van der Waals surface area contributed by atoms with Crippen LogP contribution in [0, 0.1) is 16.7 Å². The van der Waals surface area contributed by atoms with Crippen molar-refractivity contribution in [1.82, 2.24) is 0 Å². The van der Waals surface area contributed by atoms with E-state index in [-0.39, 0.29) is 24.2 Å². The molecule has 2 N–H and O–H groups in total. The zero-order chi connectivity index (χ0) is 20.4. The van der Waals surface area contributed by atoms with Crippen molar-refractivity contribution >= 4 is 11.8 Å². The van der Waals surface area contributed by atoms with Gasteiger partial charge in [0.1, 0.15) is 11.7 Å². The van der Waals surface area contributed by atoms with E-state index < -0.39 is 28.0 Å². The number of carbonyl (C=O) groups excluding carboxylic acids is 1. The van der Waals surface area contributed by atoms with Crippen molar-refractivity contribution in [2.24, 2.45) is 16.7 Å². The molecule has 3 rings (SSSR count). The highest BCUT2D eigenvalue weighted by Crippen LogP contribution is 2.63. The van der Waals surface area contributed by atoms with Crippen molar-refractivity contribution in [1.29, 1.82) is 0 Å². The van der Waals surface area contributed by atoms with Gasteiger partial charge in [-0.15, -0.1) is 6.58 Å². The molecule has 6 nitrogen and oxygen atoms in total. The summed E-state index contributed by atoms with van der Waals surface area (Å²) in [7, 11) is 0. The highest BCUT2D eigenvalue weighted by molar-refractivity contribution is 5.96. The molecular formula is C21H30O6. The monoisotopic (exact) mass is 378 g/mol. The average Bonchev–Trinajstić information content (AvgIpc) is 2.57. The van der Waals surface area contributed by atoms with Gasteiger partial charge in [-0.2, -0.15) is 0 Å². The van der Waals surface area contributed by atoms with Crippen LogP contribution in [-0.2, 0) is 19.1 Å². The zero-order valence-electron chi connectivity index (χ0n) is 16.8. The summed E-state index contributed by atoms with van der Waals surface area (Å²) in [6, 6.07) is 0. The molecule has 0 unspecified atom stereocenters. The third-order valence-corrected chi connectivity index (χ3v) is 7.43. The first-order valence-electron chi connectivity index (χ1n) is 9.54. The highest BCUT2D eigenvalue weighted by atomic mass is 16.7. The molecular weight excluding hydrogens is 348 g/mol. The molecule has 0 bridgehead atoms. The molecule has 1 fully saturated rings. The van der Waals surface area contributed by atoms with Gasteiger partial charge >= 0.3 is 5.97 Å². The van der Waals surface area contributed by atoms with E-state index in [0.29, 0.717) is 30.8 Å². The van der Waals surface area contributed by atoms with Gasteiger partial charge in [0.25, 0.3) is 5.95 Å². The van der Waals surface area contributed by atoms with E-state index >= 15 is 0 Å². The van der Waals surface area contributed by atoms with Gasteiger partial charge in [-0.25, -0.2) is 0 Å². The van der Waals surface area contributed by atoms with Crippen LogP contribution in [0.3, 0.4) is 0 Å². The topological polar surface area (TPSA) is 93.1 Å². The highest BCUT2D eigenvalue weighted by Gasteiger charge is 2.68. The van der Waals surface area contributed by atoms with Crippen LogP contribution in [0.15, 0.2) is 24.2 Å². The summed E-state index contributed by atoms with van der Waals surface area (Å²) in [5.41, 5.74) is -4.08. The maximum Gasteiger partial charge on any atom is 0.312 e. The molecule has 0 aromatic rings. The molecule has 2 heterocycles. The molecule has 0 radical (unpaired) electrons. The second-order valence-electron chi connectivity index (χ2n) is 9.27. The molecule has 3 aliphatic rings. The predicted molar refractivity (Wildman–Crippen MR) is 98.7 cm³/mol. The number of aliphatic carboxylic acids is 1. The van der Waals surface area contributed by atoms with Crippen molar-refractivity contribution in [2.75, 3.05) is 0 Å². The maximum atomic E-state index is 12.6. The molecule has 150 valence electrons. The second kappa shape index (κ2) is 5.84. The Labute approximate surface area is 160 Å². The Morgan fingerprint density at radius 1 is 1.30 bits per heavy atom. The van der Waals surface area contributed by atoms with E-state index in [9.17, 15) is 19.8 Å². The van der Waals surface area contributed by atoms with Crippen LogP contribution >= 0.6 is 0 Å². The lowest BCUT2D eigenvalue weighted by Gasteiger charge is -2.63. The molecule has 1 aliphatic carbocycles. The molecule has 0 saturated heterocycles. The van der Waals surface area contributed by atoms with Crippen LogP contribution in [0.25, 0.3) is 0 Å². The Bertz CT molecular complexity index is 737. The fourth-order valence-corrected chi connectivity index (χ4v) is 5.31. The van der Waals surface area contributed by atoms with E-state index in [1.807, 2.05) is 20.8 Å². The molecule has 2 aliphatic heterocycles. The number of ketones is 1. The van der Waals surface area contributed by atoms with Gasteiger partial charge in [0.05, 0.1) is 16.6 Å². The number of ether oxygens (including phenoxy) is 2. The van der Waals surface area contributed by atoms with E-state index in [2.05, 4.69) is 6.58 Å². The van der Waals surface area contributed by atoms with Crippen LogP contribution in [0.4, 0.5) is 0 Å². The Balaban J connectivity index is 2.12. The third kappa shape index (κ3) is 2.49. The molecule has 0 amide bonds. The summed E-state index contributed by atoms with van der Waals surface area (Å²) in [6.45, 7) is 12.6. The van der Waals surface area contributed by atoms with Crippen molar-refractivity contribution in [2.45, 2.75) is 77.6 Å². The van der Waals surface area contributed by atoms with E-state index in [1.165, 1.54) is 0 Å². The van der Waals surface area contributed by atoms with Gasteiger partial charge in [0.2, 0.25) is 0 Å². The Hall–Kier alpha value is -1.82. The van der Waals surface area contributed by atoms with Gasteiger partial charge in [0.15, 0.2) is 5.78 Å². The lowest BCUT2D eigenvalue weighted by Crippen LogP contribution is -2.69. The number of carboxylic acids is 1. The summed E-state index contributed by atoms with van der Waals surface area (Å²) in [6.07, 6.45) is 2.78. The fraction of sp³-hybridized carbons (Fsp3) is 0.714. The summed E-state index contributed by atoms with van der Waals surface area (Å²) >= 11 is 0. The fourth-order valence-electron chi connectivity index (χ4n) is 5.31. The summed E-state index contributed by atoms with van der Waals surface area (Å²) < 4.78 is 12.0. The quantitative estimate of drug-likeness (QED) is 0.733. The standard InChI is InChI=1S/C21H30O6/c1-7-19(5)15-11-13-14(22)10-12(2)26-16(13)27-20(15,6)8-9-21(19,25)18(3,4)17(23)24/h7,12,15,25H,1,8-11H2,2-6H3,(H,23,24)/t12-,15+,19-,20+,21-/m1/s1. The summed E-state index contributed by atoms with van der Waals surface area (Å²) in [5, 5.41) is 21.5. The van der Waals surface area contributed by atoms with Crippen molar-refractivity contribution in [3.8, 4) is 0 Å². The van der Waals surface area contributed by atoms with Crippen LogP contribution in [0.5, 0.6) is 0 Å². The SMILES string of the molecule is C=C[C@]1(C)[C@@H]2CC3=C(O[C@H](C)CC3=O)O[C@@]2(C)CC[C@@]1(O)C(C)(C)C(=O)O. The minimum Gasteiger partial charge on any atom is -0.481 e. The van der Waals surface area contributed by atoms with Gasteiger partial charge in [0, 0.05) is 17.8 Å². The van der Waals surface area contributed by atoms with Crippen molar-refractivity contribution in [3.05, 3.63) is 24.2 Å². The number of fused-ring (bicyclic) bond motifs is 1. The first-order chi connectivity index (χ1) is 12.3. The molecule has 27 heavy (non-hydrogen) atoms. The third-order valence-electron chi connectivity index (χ3n) is 7.43. The number of carboxylic acid groups (broad SMARTS) is 1. The smallest absolute Gasteiger partial charge is 0.312 e. The number of hydrogen-bond acceptors (Lipinski definition) is 5. The van der Waals surface area contributed by atoms with Gasteiger partial charge in [-0.3, -0.25) is 9.59 Å². The van der Waals surface area contributed by atoms with E-state index in [4.69, 9.17) is 9.47 Å². The minimum absolute atomic E-state index is 0.0104. The Kier molecular flexibility index (Phi) is 4.31. The Morgan fingerprint density at radius 2 is 1.93 bits per heavy atom. The molecule has 0 aromatic carbocycles. The normalized spacial score (nSPS) is 41.8. The maximum absolute atomic E-state index is 12.6. The molecule has 0 spiro atoms. The van der Waals surface area contributed by atoms with Gasteiger partial charge in [-0.05, 0) is 47.0 Å². The average molecular weight is 378 g/mol. The molecule has 1 saturated carbocycles. The summed E-state index contributed by atoms with van der Waals surface area (Å²) in [4.78, 5) is 24.6. The van der Waals surface area contributed by atoms with Gasteiger partial charge < -0.3 is 19.7 Å². The largest absolute Gasteiger partial charge is 0.481 e. The number of carbonyl (C=O) groups is 2. The molecule has 0 aromatic heterocycles. The lowest BCUT2D eigenvalue weighted by molar-refractivity contribution is -0.252. The van der Waals surface area contributed by atoms with Crippen LogP contribution in [-0.4, -0.2) is 39.3 Å². The summed E-state index contributed by atoms with van der Waals surface area (Å²) in [5.74, 6) is -1.08. The van der Waals surface area contributed by atoms with Gasteiger partial charge in [-0.1, -0.05) is 13.0 Å². The first-order valence-corrected chi connectivity index (χ1v) is 9.54. The van der Waals surface area contributed by atoms with E-state index in [0.717, 1.165) is 0 Å². The minimum atomic E-state index is -1.54. The van der Waals surface area contributed by atoms with Crippen LogP contribution in [0.1, 0.15) is 60.3 Å². The zero-order valence-corrected chi connectivity index (χ0v) is 16.8. The number of Topliss-reactive ketones (excluding diaryl/α,β-unsaturated/α-hetero) is 1. The number of aliphatic hydroxyl groups is 1. The predicted octanol–water partition coefficient (Wildman–Crippen LogP) is 3.20. The number of allylic oxidation sites excluding steroid dienone is 1. The lowest BCUT2D eigenvalue weighted by atomic mass is 9.46. The van der Waals surface area contributed by atoms with Crippen LogP contribution in [0.2, 0.25) is 0 Å². The van der Waals surface area contributed by atoms with E-state index in [1.54, 1.807) is 19.9 Å². The molecule has 5 atom stereocenters. The Morgan fingerprint density at radius 3 is 2.48 bits per heavy atom.